The normalized spacial score (nSPS) is 10.7. The van der Waals surface area contributed by atoms with Crippen LogP contribution in [0.1, 0.15) is 21.6 Å². The minimum absolute atomic E-state index is 0.229. The number of nitrogens with zero attached hydrogens (tertiary/aromatic N) is 3. The maximum Gasteiger partial charge on any atom is 0.277 e. The Labute approximate surface area is 126 Å². The second-order valence-electron chi connectivity index (χ2n) is 4.95. The van der Waals surface area contributed by atoms with E-state index in [0.717, 1.165) is 11.1 Å². The van der Waals surface area contributed by atoms with Crippen molar-refractivity contribution in [1.82, 2.24) is 20.2 Å². The van der Waals surface area contributed by atoms with Gasteiger partial charge < -0.3 is 10.1 Å². The fraction of sp³-hybridized carbons (Fsp3) is 0.200. The lowest BCUT2D eigenvalue weighted by molar-refractivity contribution is 0.102. The van der Waals surface area contributed by atoms with E-state index >= 15 is 0 Å². The van der Waals surface area contributed by atoms with Crippen molar-refractivity contribution in [3.05, 3.63) is 41.3 Å². The largest absolute Gasteiger partial charge is 0.496 e. The van der Waals surface area contributed by atoms with Crippen molar-refractivity contribution in [2.24, 2.45) is 0 Å². The lowest BCUT2D eigenvalue weighted by Crippen LogP contribution is -2.15. The Morgan fingerprint density at radius 2 is 2.00 bits per heavy atom. The minimum atomic E-state index is -0.346. The van der Waals surface area contributed by atoms with Gasteiger partial charge in [-0.05, 0) is 25.5 Å². The Kier molecular flexibility index (Phi) is 3.46. The SMILES string of the molecule is COc1cc2nc(C(=O)Nc3[nH]ncc3C)cnc2cc1C. The van der Waals surface area contributed by atoms with Crippen molar-refractivity contribution in [2.45, 2.75) is 13.8 Å². The standard InChI is InChI=1S/C15H15N5O2/c1-8-4-10-11(5-13(8)22-3)18-12(7-16-10)15(21)19-14-9(2)6-17-20-14/h4-7H,1-3H3,(H2,17,19,20,21). The molecule has 1 amide bonds. The van der Waals surface area contributed by atoms with Crippen LogP contribution in [0.5, 0.6) is 5.75 Å². The third-order valence-electron chi connectivity index (χ3n) is 3.36. The minimum Gasteiger partial charge on any atom is -0.496 e. The Hall–Kier alpha value is -2.96. The zero-order valence-electron chi connectivity index (χ0n) is 12.5. The van der Waals surface area contributed by atoms with Gasteiger partial charge in [0.1, 0.15) is 17.3 Å². The summed E-state index contributed by atoms with van der Waals surface area (Å²) in [4.78, 5) is 20.9. The van der Waals surface area contributed by atoms with Crippen molar-refractivity contribution in [3.63, 3.8) is 0 Å². The monoisotopic (exact) mass is 297 g/mol. The van der Waals surface area contributed by atoms with Gasteiger partial charge in [-0.25, -0.2) is 4.98 Å². The number of amides is 1. The van der Waals surface area contributed by atoms with Crippen LogP contribution in [0.25, 0.3) is 11.0 Å². The summed E-state index contributed by atoms with van der Waals surface area (Å²) in [5.74, 6) is 0.915. The first-order valence-electron chi connectivity index (χ1n) is 6.71. The first-order valence-corrected chi connectivity index (χ1v) is 6.71. The molecule has 1 aromatic carbocycles. The highest BCUT2D eigenvalue weighted by molar-refractivity contribution is 6.03. The first kappa shape index (κ1) is 14.0. The van der Waals surface area contributed by atoms with Gasteiger partial charge >= 0.3 is 0 Å². The molecular weight excluding hydrogens is 282 g/mol. The predicted octanol–water partition coefficient (Wildman–Crippen LogP) is 2.23. The van der Waals surface area contributed by atoms with Crippen LogP contribution in [0, 0.1) is 13.8 Å². The summed E-state index contributed by atoms with van der Waals surface area (Å²) < 4.78 is 5.27. The second-order valence-corrected chi connectivity index (χ2v) is 4.95. The van der Waals surface area contributed by atoms with Gasteiger partial charge in [0, 0.05) is 11.6 Å². The van der Waals surface area contributed by atoms with Gasteiger partial charge in [-0.1, -0.05) is 0 Å². The van der Waals surface area contributed by atoms with E-state index in [1.165, 1.54) is 6.20 Å². The van der Waals surface area contributed by atoms with E-state index in [9.17, 15) is 4.79 Å². The van der Waals surface area contributed by atoms with Crippen LogP contribution in [0.15, 0.2) is 24.5 Å². The molecule has 0 spiro atoms. The van der Waals surface area contributed by atoms with E-state index in [1.807, 2.05) is 19.9 Å². The summed E-state index contributed by atoms with van der Waals surface area (Å²) in [6.45, 7) is 3.78. The number of carbonyl (C=O) groups excluding carboxylic acids is 1. The van der Waals surface area contributed by atoms with Gasteiger partial charge in [0.05, 0.1) is 30.5 Å². The summed E-state index contributed by atoms with van der Waals surface area (Å²) in [6.07, 6.45) is 3.09. The van der Waals surface area contributed by atoms with E-state index < -0.39 is 0 Å². The molecule has 0 radical (unpaired) electrons. The zero-order chi connectivity index (χ0) is 15.7. The van der Waals surface area contributed by atoms with Gasteiger partial charge in [-0.2, -0.15) is 5.10 Å². The molecule has 0 aliphatic heterocycles. The number of carbonyl (C=O) groups is 1. The van der Waals surface area contributed by atoms with Crippen molar-refractivity contribution < 1.29 is 9.53 Å². The summed E-state index contributed by atoms with van der Waals surface area (Å²) in [5, 5.41) is 9.30. The van der Waals surface area contributed by atoms with Gasteiger partial charge in [0.2, 0.25) is 0 Å². The lowest BCUT2D eigenvalue weighted by atomic mass is 10.2. The summed E-state index contributed by atoms with van der Waals surface area (Å²) >= 11 is 0. The molecule has 7 heteroatoms. The highest BCUT2D eigenvalue weighted by Gasteiger charge is 2.13. The van der Waals surface area contributed by atoms with Gasteiger partial charge in [-0.15, -0.1) is 0 Å². The Morgan fingerprint density at radius 1 is 1.18 bits per heavy atom. The maximum absolute atomic E-state index is 12.2. The van der Waals surface area contributed by atoms with Gasteiger partial charge in [0.25, 0.3) is 5.91 Å². The Balaban J connectivity index is 1.95. The number of benzene rings is 1. The number of methoxy groups -OCH3 is 1. The molecule has 3 aromatic rings. The van der Waals surface area contributed by atoms with E-state index in [-0.39, 0.29) is 11.6 Å². The number of rotatable bonds is 3. The molecule has 112 valence electrons. The molecule has 2 heterocycles. The van der Waals surface area contributed by atoms with Crippen molar-refractivity contribution in [3.8, 4) is 5.75 Å². The smallest absolute Gasteiger partial charge is 0.277 e. The lowest BCUT2D eigenvalue weighted by Gasteiger charge is -2.07. The molecule has 0 aliphatic carbocycles. The van der Waals surface area contributed by atoms with Crippen molar-refractivity contribution >= 4 is 22.8 Å². The van der Waals surface area contributed by atoms with E-state index in [2.05, 4.69) is 25.5 Å². The summed E-state index contributed by atoms with van der Waals surface area (Å²) in [5.41, 5.74) is 3.37. The zero-order valence-corrected chi connectivity index (χ0v) is 12.5. The number of anilines is 1. The summed E-state index contributed by atoms with van der Waals surface area (Å²) in [6, 6.07) is 3.65. The molecule has 0 atom stereocenters. The predicted molar refractivity (Wildman–Crippen MR) is 82.1 cm³/mol. The molecule has 2 aromatic heterocycles. The molecule has 3 rings (SSSR count). The van der Waals surface area contributed by atoms with E-state index in [1.54, 1.807) is 19.4 Å². The highest BCUT2D eigenvalue weighted by Crippen LogP contribution is 2.23. The number of aromatic nitrogens is 4. The van der Waals surface area contributed by atoms with Crippen molar-refractivity contribution in [1.29, 1.82) is 0 Å². The number of hydrogen-bond acceptors (Lipinski definition) is 5. The Morgan fingerprint density at radius 3 is 2.68 bits per heavy atom. The van der Waals surface area contributed by atoms with E-state index in [0.29, 0.717) is 22.6 Å². The maximum atomic E-state index is 12.2. The number of aromatic amines is 1. The molecule has 0 fully saturated rings. The summed E-state index contributed by atoms with van der Waals surface area (Å²) in [7, 11) is 1.60. The number of nitrogens with one attached hydrogen (secondary N) is 2. The average molecular weight is 297 g/mol. The molecule has 0 unspecified atom stereocenters. The third kappa shape index (κ3) is 2.48. The number of hydrogen-bond donors (Lipinski definition) is 2. The van der Waals surface area contributed by atoms with Crippen molar-refractivity contribution in [2.75, 3.05) is 12.4 Å². The fourth-order valence-corrected chi connectivity index (χ4v) is 2.12. The molecule has 0 saturated heterocycles. The number of H-pyrrole nitrogens is 1. The topological polar surface area (TPSA) is 92.8 Å². The molecule has 0 aliphatic rings. The Bertz CT molecular complexity index is 856. The highest BCUT2D eigenvalue weighted by atomic mass is 16.5. The van der Waals surface area contributed by atoms with Crippen LogP contribution < -0.4 is 10.1 Å². The second kappa shape index (κ2) is 5.44. The molecule has 2 N–H and O–H groups in total. The van der Waals surface area contributed by atoms with Crippen LogP contribution >= 0.6 is 0 Å². The van der Waals surface area contributed by atoms with Gasteiger partial charge in [-0.3, -0.25) is 14.9 Å². The number of fused-ring (bicyclic) bond motifs is 1. The third-order valence-corrected chi connectivity index (χ3v) is 3.36. The van der Waals surface area contributed by atoms with Crippen LogP contribution in [0.4, 0.5) is 5.82 Å². The number of ether oxygens (including phenoxy) is 1. The van der Waals surface area contributed by atoms with Crippen LogP contribution in [-0.4, -0.2) is 33.2 Å². The quantitative estimate of drug-likeness (QED) is 0.773. The van der Waals surface area contributed by atoms with Crippen LogP contribution in [-0.2, 0) is 0 Å². The first-order chi connectivity index (χ1) is 10.6. The molecule has 7 nitrogen and oxygen atoms in total. The fourth-order valence-electron chi connectivity index (χ4n) is 2.12. The van der Waals surface area contributed by atoms with Crippen LogP contribution in [0.3, 0.4) is 0 Å². The molecular formula is C15H15N5O2. The molecule has 22 heavy (non-hydrogen) atoms. The number of aryl methyl sites for hydroxylation is 2. The van der Waals surface area contributed by atoms with Crippen LogP contribution in [0.2, 0.25) is 0 Å². The average Bonchev–Trinajstić information content (AvgIpc) is 2.91. The molecule has 0 saturated carbocycles. The van der Waals surface area contributed by atoms with E-state index in [4.69, 9.17) is 4.74 Å². The molecule has 0 bridgehead atoms. The van der Waals surface area contributed by atoms with Gasteiger partial charge in [0.15, 0.2) is 0 Å².